The molecule has 0 aliphatic carbocycles. The minimum atomic E-state index is -0.827. The summed E-state index contributed by atoms with van der Waals surface area (Å²) in [5, 5.41) is 0. The number of hydrogen-bond donors (Lipinski definition) is 1. The molecule has 0 spiro atoms. The Hall–Kier alpha value is -1.20. The minimum Gasteiger partial charge on any atom is -0.378 e. The van der Waals surface area contributed by atoms with Crippen molar-refractivity contribution in [3.63, 3.8) is 0 Å². The number of rotatable bonds is 4. The fourth-order valence-electron chi connectivity index (χ4n) is 2.48. The molecule has 1 aromatic rings. The van der Waals surface area contributed by atoms with E-state index >= 15 is 0 Å². The average molecular weight is 270 g/mol. The van der Waals surface area contributed by atoms with Gasteiger partial charge in [0, 0.05) is 31.8 Å². The molecule has 0 radical (unpaired) electrons. The van der Waals surface area contributed by atoms with E-state index in [0.29, 0.717) is 25.4 Å². The van der Waals surface area contributed by atoms with E-state index < -0.39 is 11.6 Å². The van der Waals surface area contributed by atoms with Gasteiger partial charge in [0.25, 0.3) is 0 Å². The van der Waals surface area contributed by atoms with Gasteiger partial charge in [-0.1, -0.05) is 6.07 Å². The van der Waals surface area contributed by atoms with Crippen molar-refractivity contribution in [3.8, 4) is 0 Å². The summed E-state index contributed by atoms with van der Waals surface area (Å²) in [5.74, 6) is -1.62. The topological polar surface area (TPSA) is 38.5 Å². The number of anilines is 1. The third-order valence-electron chi connectivity index (χ3n) is 3.55. The van der Waals surface area contributed by atoms with Gasteiger partial charge in [0.1, 0.15) is 0 Å². The highest BCUT2D eigenvalue weighted by atomic mass is 19.2. The first-order chi connectivity index (χ1) is 9.17. The SMILES string of the molecule is CCOC1CCN(c2ccc(CN)c(F)c2F)CC1. The minimum absolute atomic E-state index is 0.00937. The highest BCUT2D eigenvalue weighted by Crippen LogP contribution is 2.27. The fourth-order valence-corrected chi connectivity index (χ4v) is 2.48. The zero-order chi connectivity index (χ0) is 13.8. The number of nitrogens with two attached hydrogens (primary N) is 1. The molecule has 0 unspecified atom stereocenters. The summed E-state index contributed by atoms with van der Waals surface area (Å²) in [6.07, 6.45) is 1.92. The van der Waals surface area contributed by atoms with E-state index in [1.54, 1.807) is 12.1 Å². The lowest BCUT2D eigenvalue weighted by atomic mass is 10.1. The van der Waals surface area contributed by atoms with Crippen LogP contribution >= 0.6 is 0 Å². The van der Waals surface area contributed by atoms with E-state index in [0.717, 1.165) is 12.8 Å². The number of hydrogen-bond acceptors (Lipinski definition) is 3. The summed E-state index contributed by atoms with van der Waals surface area (Å²) >= 11 is 0. The van der Waals surface area contributed by atoms with Gasteiger partial charge in [-0.3, -0.25) is 0 Å². The Morgan fingerprint density at radius 1 is 1.26 bits per heavy atom. The van der Waals surface area contributed by atoms with Crippen LogP contribution < -0.4 is 10.6 Å². The molecule has 1 saturated heterocycles. The van der Waals surface area contributed by atoms with Crippen molar-refractivity contribution in [2.75, 3.05) is 24.6 Å². The van der Waals surface area contributed by atoms with Gasteiger partial charge in [-0.2, -0.15) is 0 Å². The second-order valence-electron chi connectivity index (χ2n) is 4.72. The summed E-state index contributed by atoms with van der Waals surface area (Å²) in [6, 6.07) is 3.17. The third-order valence-corrected chi connectivity index (χ3v) is 3.55. The Morgan fingerprint density at radius 2 is 1.95 bits per heavy atom. The van der Waals surface area contributed by atoms with E-state index in [-0.39, 0.29) is 18.2 Å². The van der Waals surface area contributed by atoms with Gasteiger partial charge in [0.15, 0.2) is 11.6 Å². The summed E-state index contributed by atoms with van der Waals surface area (Å²) < 4.78 is 33.2. The van der Waals surface area contributed by atoms with E-state index in [9.17, 15) is 8.78 Å². The van der Waals surface area contributed by atoms with E-state index in [1.807, 2.05) is 11.8 Å². The summed E-state index contributed by atoms with van der Waals surface area (Å²) in [7, 11) is 0. The van der Waals surface area contributed by atoms with Gasteiger partial charge in [-0.25, -0.2) is 8.78 Å². The number of halogens is 2. The van der Waals surface area contributed by atoms with E-state index in [2.05, 4.69) is 0 Å². The van der Waals surface area contributed by atoms with Gasteiger partial charge in [-0.05, 0) is 25.8 Å². The van der Waals surface area contributed by atoms with Crippen LogP contribution in [-0.2, 0) is 11.3 Å². The Kier molecular flexibility index (Phi) is 4.71. The first-order valence-electron chi connectivity index (χ1n) is 6.70. The largest absolute Gasteiger partial charge is 0.378 e. The van der Waals surface area contributed by atoms with Crippen molar-refractivity contribution >= 4 is 5.69 Å². The predicted octanol–water partition coefficient (Wildman–Crippen LogP) is 2.43. The van der Waals surface area contributed by atoms with Crippen LogP contribution in [0.3, 0.4) is 0 Å². The normalized spacial score (nSPS) is 16.9. The Bertz CT molecular complexity index is 432. The summed E-state index contributed by atoms with van der Waals surface area (Å²) in [4.78, 5) is 1.87. The molecule has 3 nitrogen and oxygen atoms in total. The second-order valence-corrected chi connectivity index (χ2v) is 4.72. The molecule has 0 amide bonds. The number of nitrogens with zero attached hydrogens (tertiary/aromatic N) is 1. The maximum atomic E-state index is 14.0. The van der Waals surface area contributed by atoms with Crippen LogP contribution in [-0.4, -0.2) is 25.8 Å². The van der Waals surface area contributed by atoms with Crippen LogP contribution in [0.5, 0.6) is 0 Å². The molecular formula is C14H20F2N2O. The van der Waals surface area contributed by atoms with Crippen LogP contribution in [0.25, 0.3) is 0 Å². The van der Waals surface area contributed by atoms with Gasteiger partial charge in [-0.15, -0.1) is 0 Å². The monoisotopic (exact) mass is 270 g/mol. The molecule has 0 bridgehead atoms. The average Bonchev–Trinajstić information content (AvgIpc) is 2.43. The standard InChI is InChI=1S/C14H20F2N2O/c1-2-19-11-5-7-18(8-6-11)12-4-3-10(9-17)13(15)14(12)16/h3-4,11H,2,5-9,17H2,1H3. The van der Waals surface area contributed by atoms with Gasteiger partial charge in [0.2, 0.25) is 0 Å². The van der Waals surface area contributed by atoms with E-state index in [4.69, 9.17) is 10.5 Å². The second kappa shape index (κ2) is 6.30. The van der Waals surface area contributed by atoms with Crippen molar-refractivity contribution in [1.82, 2.24) is 0 Å². The van der Waals surface area contributed by atoms with Crippen molar-refractivity contribution < 1.29 is 13.5 Å². The maximum Gasteiger partial charge on any atom is 0.182 e. The molecule has 19 heavy (non-hydrogen) atoms. The Balaban J connectivity index is 2.09. The number of piperidine rings is 1. The fraction of sp³-hybridized carbons (Fsp3) is 0.571. The lowest BCUT2D eigenvalue weighted by Gasteiger charge is -2.33. The van der Waals surface area contributed by atoms with Crippen molar-refractivity contribution in [1.29, 1.82) is 0 Å². The molecule has 106 valence electrons. The van der Waals surface area contributed by atoms with Crippen molar-refractivity contribution in [2.45, 2.75) is 32.4 Å². The van der Waals surface area contributed by atoms with Crippen LogP contribution in [0.4, 0.5) is 14.5 Å². The molecular weight excluding hydrogens is 250 g/mol. The highest BCUT2D eigenvalue weighted by Gasteiger charge is 2.23. The highest BCUT2D eigenvalue weighted by molar-refractivity contribution is 5.50. The molecule has 0 aromatic heterocycles. The Morgan fingerprint density at radius 3 is 2.53 bits per heavy atom. The van der Waals surface area contributed by atoms with Gasteiger partial charge in [0.05, 0.1) is 11.8 Å². The molecule has 1 heterocycles. The summed E-state index contributed by atoms with van der Waals surface area (Å²) in [5.41, 5.74) is 5.90. The molecule has 2 rings (SSSR count). The molecule has 1 fully saturated rings. The molecule has 1 aliphatic heterocycles. The van der Waals surface area contributed by atoms with Crippen LogP contribution in [0, 0.1) is 11.6 Å². The molecule has 2 N–H and O–H groups in total. The maximum absolute atomic E-state index is 14.0. The zero-order valence-electron chi connectivity index (χ0n) is 11.2. The molecule has 0 atom stereocenters. The van der Waals surface area contributed by atoms with Crippen molar-refractivity contribution in [2.24, 2.45) is 5.73 Å². The van der Waals surface area contributed by atoms with E-state index in [1.165, 1.54) is 0 Å². The first-order valence-corrected chi connectivity index (χ1v) is 6.70. The smallest absolute Gasteiger partial charge is 0.182 e. The zero-order valence-corrected chi connectivity index (χ0v) is 11.2. The predicted molar refractivity (Wildman–Crippen MR) is 71.1 cm³/mol. The molecule has 1 aliphatic rings. The quantitative estimate of drug-likeness (QED) is 0.913. The molecule has 0 saturated carbocycles. The summed E-state index contributed by atoms with van der Waals surface area (Å²) in [6.45, 7) is 4.03. The Labute approximate surface area is 112 Å². The lowest BCUT2D eigenvalue weighted by molar-refractivity contribution is 0.0458. The number of ether oxygens (including phenoxy) is 1. The van der Waals surface area contributed by atoms with Gasteiger partial charge >= 0.3 is 0 Å². The van der Waals surface area contributed by atoms with Crippen LogP contribution in [0.1, 0.15) is 25.3 Å². The van der Waals surface area contributed by atoms with Crippen LogP contribution in [0.2, 0.25) is 0 Å². The first kappa shape index (κ1) is 14.2. The van der Waals surface area contributed by atoms with Crippen molar-refractivity contribution in [3.05, 3.63) is 29.3 Å². The lowest BCUT2D eigenvalue weighted by Crippen LogP contribution is -2.37. The number of benzene rings is 1. The molecule has 1 aromatic carbocycles. The third kappa shape index (κ3) is 3.04. The molecule has 5 heteroatoms. The van der Waals surface area contributed by atoms with Gasteiger partial charge < -0.3 is 15.4 Å². The van der Waals surface area contributed by atoms with Crippen LogP contribution in [0.15, 0.2) is 12.1 Å².